The number of nitrogens with zero attached hydrogens (tertiary/aromatic N) is 5. The van der Waals surface area contributed by atoms with Gasteiger partial charge in [-0.15, -0.1) is 0 Å². The van der Waals surface area contributed by atoms with E-state index in [2.05, 4.69) is 15.3 Å². The number of rotatable bonds is 4. The van der Waals surface area contributed by atoms with Gasteiger partial charge in [0.25, 0.3) is 0 Å². The molecule has 0 spiro atoms. The number of aryl methyl sites for hydroxylation is 1. The second-order valence-electron chi connectivity index (χ2n) is 8.03. The zero-order valence-corrected chi connectivity index (χ0v) is 18.7. The van der Waals surface area contributed by atoms with Gasteiger partial charge in [-0.25, -0.2) is 9.97 Å². The van der Waals surface area contributed by atoms with Gasteiger partial charge < -0.3 is 15.1 Å². The van der Waals surface area contributed by atoms with Gasteiger partial charge in [0.05, 0.1) is 17.9 Å². The number of aromatic nitrogens is 3. The minimum absolute atomic E-state index is 0.101. The molecule has 2 aromatic heterocycles. The molecule has 0 bridgehead atoms. The van der Waals surface area contributed by atoms with Gasteiger partial charge >= 0.3 is 0 Å². The maximum absolute atomic E-state index is 13.5. The Morgan fingerprint density at radius 1 is 1.16 bits per heavy atom. The van der Waals surface area contributed by atoms with E-state index in [-0.39, 0.29) is 30.8 Å². The SMILES string of the molecule is Cc1nc(-c2ccccn2)nc(N(C)CC(=O)N2c3ccccc3NC(=O)CC2C)c1C. The molecule has 1 aliphatic heterocycles. The first-order chi connectivity index (χ1) is 15.3. The highest BCUT2D eigenvalue weighted by atomic mass is 16.2. The highest BCUT2D eigenvalue weighted by Gasteiger charge is 2.30. The van der Waals surface area contributed by atoms with Crippen molar-refractivity contribution in [2.24, 2.45) is 0 Å². The van der Waals surface area contributed by atoms with Gasteiger partial charge in [0.2, 0.25) is 11.8 Å². The number of fused-ring (bicyclic) bond motifs is 1. The molecule has 8 heteroatoms. The zero-order valence-electron chi connectivity index (χ0n) is 18.7. The molecule has 3 aromatic rings. The first kappa shape index (κ1) is 21.4. The predicted molar refractivity (Wildman–Crippen MR) is 125 cm³/mol. The average molecular weight is 431 g/mol. The molecule has 3 heterocycles. The fraction of sp³-hybridized carbons (Fsp3) is 0.292. The number of carbonyl (C=O) groups excluding carboxylic acids is 2. The molecule has 0 radical (unpaired) electrons. The number of hydrogen-bond acceptors (Lipinski definition) is 6. The van der Waals surface area contributed by atoms with Crippen LogP contribution in [0.1, 0.15) is 24.6 Å². The minimum Gasteiger partial charge on any atom is -0.350 e. The molecule has 0 saturated heterocycles. The monoisotopic (exact) mass is 430 g/mol. The standard InChI is InChI=1S/C24H26N6O2/c1-15-13-21(31)27-18-9-5-6-11-20(18)30(15)22(32)14-29(4)24-16(2)17(3)26-23(28-24)19-10-7-8-12-25-19/h5-12,15H,13-14H2,1-4H3,(H,27,31). The van der Waals surface area contributed by atoms with Crippen LogP contribution in [-0.4, -0.2) is 46.4 Å². The third-order valence-electron chi connectivity index (χ3n) is 5.62. The lowest BCUT2D eigenvalue weighted by Crippen LogP contribution is -2.44. The Kier molecular flexibility index (Phi) is 5.85. The Morgan fingerprint density at radius 2 is 1.91 bits per heavy atom. The van der Waals surface area contributed by atoms with Crippen LogP contribution >= 0.6 is 0 Å². The molecule has 32 heavy (non-hydrogen) atoms. The van der Waals surface area contributed by atoms with Gasteiger partial charge in [0.1, 0.15) is 11.5 Å². The fourth-order valence-electron chi connectivity index (χ4n) is 3.92. The second kappa shape index (κ2) is 8.74. The molecule has 1 N–H and O–H groups in total. The number of anilines is 3. The smallest absolute Gasteiger partial charge is 0.246 e. The summed E-state index contributed by atoms with van der Waals surface area (Å²) in [5, 5.41) is 2.89. The molecule has 1 unspecified atom stereocenters. The number of hydrogen-bond donors (Lipinski definition) is 1. The third kappa shape index (κ3) is 4.16. The Labute approximate surface area is 187 Å². The van der Waals surface area contributed by atoms with Crippen LogP contribution in [0.4, 0.5) is 17.2 Å². The Hall–Kier alpha value is -3.81. The van der Waals surface area contributed by atoms with E-state index >= 15 is 0 Å². The van der Waals surface area contributed by atoms with Crippen LogP contribution in [0.25, 0.3) is 11.5 Å². The van der Waals surface area contributed by atoms with Gasteiger partial charge in [0, 0.05) is 37.0 Å². The summed E-state index contributed by atoms with van der Waals surface area (Å²) in [7, 11) is 1.84. The number of para-hydroxylation sites is 2. The number of carbonyl (C=O) groups is 2. The summed E-state index contributed by atoms with van der Waals surface area (Å²) in [5.41, 5.74) is 3.76. The summed E-state index contributed by atoms with van der Waals surface area (Å²) in [6.07, 6.45) is 1.94. The lowest BCUT2D eigenvalue weighted by Gasteiger charge is -2.30. The Balaban J connectivity index is 1.64. The van der Waals surface area contributed by atoms with Crippen molar-refractivity contribution in [3.8, 4) is 11.5 Å². The van der Waals surface area contributed by atoms with Crippen molar-refractivity contribution in [1.29, 1.82) is 0 Å². The summed E-state index contributed by atoms with van der Waals surface area (Å²) in [6.45, 7) is 5.86. The van der Waals surface area contributed by atoms with Gasteiger partial charge in [-0.1, -0.05) is 18.2 Å². The topological polar surface area (TPSA) is 91.3 Å². The number of amides is 2. The molecule has 1 atom stereocenters. The summed E-state index contributed by atoms with van der Waals surface area (Å²) >= 11 is 0. The van der Waals surface area contributed by atoms with Crippen LogP contribution in [0.2, 0.25) is 0 Å². The summed E-state index contributed by atoms with van der Waals surface area (Å²) in [5.74, 6) is 0.984. The van der Waals surface area contributed by atoms with E-state index in [4.69, 9.17) is 4.98 Å². The van der Waals surface area contributed by atoms with Crippen molar-refractivity contribution in [2.75, 3.05) is 28.7 Å². The van der Waals surface area contributed by atoms with E-state index in [1.165, 1.54) is 0 Å². The van der Waals surface area contributed by atoms with E-state index in [0.717, 1.165) is 11.3 Å². The molecule has 1 aliphatic rings. The molecule has 0 saturated carbocycles. The van der Waals surface area contributed by atoms with Gasteiger partial charge in [-0.3, -0.25) is 14.6 Å². The quantitative estimate of drug-likeness (QED) is 0.683. The van der Waals surface area contributed by atoms with Crippen LogP contribution in [0.15, 0.2) is 48.7 Å². The normalized spacial score (nSPS) is 15.6. The van der Waals surface area contributed by atoms with Crippen molar-refractivity contribution < 1.29 is 9.59 Å². The van der Waals surface area contributed by atoms with E-state index in [0.29, 0.717) is 28.7 Å². The Bertz CT molecular complexity index is 1160. The maximum atomic E-state index is 13.5. The van der Waals surface area contributed by atoms with Gasteiger partial charge in [0.15, 0.2) is 5.82 Å². The van der Waals surface area contributed by atoms with Crippen LogP contribution in [0.5, 0.6) is 0 Å². The average Bonchev–Trinajstić information content (AvgIpc) is 2.90. The van der Waals surface area contributed by atoms with Crippen molar-refractivity contribution >= 4 is 29.0 Å². The van der Waals surface area contributed by atoms with Gasteiger partial charge in [-0.2, -0.15) is 0 Å². The fourth-order valence-corrected chi connectivity index (χ4v) is 3.92. The van der Waals surface area contributed by atoms with E-state index < -0.39 is 0 Å². The lowest BCUT2D eigenvalue weighted by molar-refractivity contribution is -0.118. The summed E-state index contributed by atoms with van der Waals surface area (Å²) in [4.78, 5) is 42.9. The summed E-state index contributed by atoms with van der Waals surface area (Å²) in [6, 6.07) is 12.7. The number of pyridine rings is 1. The van der Waals surface area contributed by atoms with Crippen molar-refractivity contribution in [3.63, 3.8) is 0 Å². The van der Waals surface area contributed by atoms with E-state index in [1.807, 2.05) is 75.2 Å². The molecular weight excluding hydrogens is 404 g/mol. The largest absolute Gasteiger partial charge is 0.350 e. The van der Waals surface area contributed by atoms with Crippen molar-refractivity contribution in [2.45, 2.75) is 33.2 Å². The number of nitrogens with one attached hydrogen (secondary N) is 1. The lowest BCUT2D eigenvalue weighted by atomic mass is 10.1. The Morgan fingerprint density at radius 3 is 2.66 bits per heavy atom. The van der Waals surface area contributed by atoms with Crippen molar-refractivity contribution in [3.05, 3.63) is 59.9 Å². The minimum atomic E-state index is -0.267. The first-order valence-corrected chi connectivity index (χ1v) is 10.5. The molecular formula is C24H26N6O2. The molecule has 164 valence electrons. The van der Waals surface area contributed by atoms with Crippen LogP contribution in [0, 0.1) is 13.8 Å². The molecule has 4 rings (SSSR count). The maximum Gasteiger partial charge on any atom is 0.246 e. The van der Waals surface area contributed by atoms with E-state index in [9.17, 15) is 9.59 Å². The van der Waals surface area contributed by atoms with E-state index in [1.54, 1.807) is 11.1 Å². The van der Waals surface area contributed by atoms with Crippen LogP contribution in [-0.2, 0) is 9.59 Å². The highest BCUT2D eigenvalue weighted by Crippen LogP contribution is 2.32. The molecule has 0 aliphatic carbocycles. The first-order valence-electron chi connectivity index (χ1n) is 10.5. The molecule has 2 amide bonds. The second-order valence-corrected chi connectivity index (χ2v) is 8.03. The zero-order chi connectivity index (χ0) is 22.8. The molecule has 1 aromatic carbocycles. The number of likely N-dealkylation sites (N-methyl/N-ethyl adjacent to an activating group) is 1. The van der Waals surface area contributed by atoms with Crippen LogP contribution < -0.4 is 15.1 Å². The predicted octanol–water partition coefficient (Wildman–Crippen LogP) is 3.36. The van der Waals surface area contributed by atoms with Crippen molar-refractivity contribution in [1.82, 2.24) is 15.0 Å². The summed E-state index contributed by atoms with van der Waals surface area (Å²) < 4.78 is 0. The number of benzene rings is 1. The molecule has 0 fully saturated rings. The third-order valence-corrected chi connectivity index (χ3v) is 5.62. The highest BCUT2D eigenvalue weighted by molar-refractivity contribution is 6.05. The molecule has 8 nitrogen and oxygen atoms in total. The van der Waals surface area contributed by atoms with Crippen LogP contribution in [0.3, 0.4) is 0 Å². The van der Waals surface area contributed by atoms with Gasteiger partial charge in [-0.05, 0) is 45.0 Å².